The molecule has 2 aromatic rings. The smallest absolute Gasteiger partial charge is 0.157 e. The fourth-order valence-corrected chi connectivity index (χ4v) is 2.58. The second kappa shape index (κ2) is 4.26. The van der Waals surface area contributed by atoms with Gasteiger partial charge in [-0.15, -0.1) is 0 Å². The van der Waals surface area contributed by atoms with Crippen LogP contribution in [0.4, 0.5) is 5.69 Å². The molecule has 0 amide bonds. The van der Waals surface area contributed by atoms with E-state index in [4.69, 9.17) is 0 Å². The summed E-state index contributed by atoms with van der Waals surface area (Å²) < 4.78 is 1.84. The molecule has 0 bridgehead atoms. The summed E-state index contributed by atoms with van der Waals surface area (Å²) in [4.78, 5) is 4.49. The van der Waals surface area contributed by atoms with Gasteiger partial charge < -0.3 is 5.32 Å². The number of pyridine rings is 1. The molecule has 0 radical (unpaired) electrons. The van der Waals surface area contributed by atoms with Gasteiger partial charge in [-0.05, 0) is 32.3 Å². The van der Waals surface area contributed by atoms with E-state index in [0.29, 0.717) is 6.04 Å². The largest absolute Gasteiger partial charge is 0.381 e. The number of aryl methyl sites for hydroxylation is 2. The molecule has 1 N–H and O–H groups in total. The van der Waals surface area contributed by atoms with Crippen LogP contribution >= 0.6 is 0 Å². The molecular weight excluding hydrogens is 224 g/mol. The third-order valence-electron chi connectivity index (χ3n) is 3.66. The Morgan fingerprint density at radius 1 is 1.50 bits per heavy atom. The van der Waals surface area contributed by atoms with Gasteiger partial charge in [-0.25, -0.2) is 4.98 Å². The van der Waals surface area contributed by atoms with Crippen molar-refractivity contribution in [3.05, 3.63) is 18.0 Å². The van der Waals surface area contributed by atoms with E-state index in [1.807, 2.05) is 24.9 Å². The van der Waals surface area contributed by atoms with E-state index in [1.165, 1.54) is 19.3 Å². The first-order chi connectivity index (χ1) is 8.63. The Balaban J connectivity index is 1.81. The maximum Gasteiger partial charge on any atom is 0.157 e. The number of anilines is 1. The number of rotatable bonds is 4. The van der Waals surface area contributed by atoms with Gasteiger partial charge in [0, 0.05) is 18.5 Å². The number of nitrogens with one attached hydrogen (secondary N) is 1. The molecule has 1 saturated carbocycles. The highest BCUT2D eigenvalue weighted by molar-refractivity contribution is 5.81. The highest BCUT2D eigenvalue weighted by atomic mass is 15.3. The van der Waals surface area contributed by atoms with Crippen LogP contribution in [0, 0.1) is 12.8 Å². The standard InChI is InChI=1S/C14H20N4/c1-9(6-11-4-5-11)16-12-7-13-10(2)17-18(3)14(13)15-8-12/h7-9,11,16H,4-6H2,1-3H3. The Morgan fingerprint density at radius 2 is 2.28 bits per heavy atom. The average molecular weight is 244 g/mol. The summed E-state index contributed by atoms with van der Waals surface area (Å²) in [5.41, 5.74) is 3.10. The van der Waals surface area contributed by atoms with E-state index in [0.717, 1.165) is 28.3 Å². The number of hydrogen-bond acceptors (Lipinski definition) is 3. The van der Waals surface area contributed by atoms with Crippen LogP contribution < -0.4 is 5.32 Å². The normalized spacial score (nSPS) is 17.1. The molecule has 0 saturated heterocycles. The highest BCUT2D eigenvalue weighted by Crippen LogP contribution is 2.34. The number of fused-ring (bicyclic) bond motifs is 1. The topological polar surface area (TPSA) is 42.7 Å². The maximum atomic E-state index is 4.49. The second-order valence-electron chi connectivity index (χ2n) is 5.53. The molecule has 1 atom stereocenters. The Labute approximate surface area is 107 Å². The van der Waals surface area contributed by atoms with Crippen molar-refractivity contribution in [1.82, 2.24) is 14.8 Å². The fourth-order valence-electron chi connectivity index (χ4n) is 2.58. The molecule has 2 aromatic heterocycles. The van der Waals surface area contributed by atoms with Crippen molar-refractivity contribution in [3.8, 4) is 0 Å². The quantitative estimate of drug-likeness (QED) is 0.899. The van der Waals surface area contributed by atoms with E-state index >= 15 is 0 Å². The van der Waals surface area contributed by atoms with Crippen molar-refractivity contribution in [2.24, 2.45) is 13.0 Å². The zero-order valence-electron chi connectivity index (χ0n) is 11.3. The molecule has 1 aliphatic carbocycles. The van der Waals surface area contributed by atoms with Gasteiger partial charge in [0.05, 0.1) is 17.6 Å². The molecule has 2 heterocycles. The molecule has 0 aromatic carbocycles. The molecule has 4 heteroatoms. The van der Waals surface area contributed by atoms with E-state index < -0.39 is 0 Å². The molecule has 96 valence electrons. The molecule has 4 nitrogen and oxygen atoms in total. The van der Waals surface area contributed by atoms with Crippen molar-refractivity contribution in [1.29, 1.82) is 0 Å². The summed E-state index contributed by atoms with van der Waals surface area (Å²) in [5.74, 6) is 0.948. The number of nitrogens with zero attached hydrogens (tertiary/aromatic N) is 3. The minimum atomic E-state index is 0.522. The van der Waals surface area contributed by atoms with E-state index in [9.17, 15) is 0 Å². The summed E-state index contributed by atoms with van der Waals surface area (Å²) >= 11 is 0. The predicted octanol–water partition coefficient (Wildman–Crippen LogP) is 2.88. The van der Waals surface area contributed by atoms with Crippen molar-refractivity contribution in [2.75, 3.05) is 5.32 Å². The van der Waals surface area contributed by atoms with Crippen LogP contribution in [-0.4, -0.2) is 20.8 Å². The Hall–Kier alpha value is -1.58. The molecule has 1 fully saturated rings. The Morgan fingerprint density at radius 3 is 3.00 bits per heavy atom. The fraction of sp³-hybridized carbons (Fsp3) is 0.571. The van der Waals surface area contributed by atoms with Gasteiger partial charge in [0.25, 0.3) is 0 Å². The number of aromatic nitrogens is 3. The van der Waals surface area contributed by atoms with Gasteiger partial charge in [0.1, 0.15) is 0 Å². The minimum Gasteiger partial charge on any atom is -0.381 e. The van der Waals surface area contributed by atoms with Crippen LogP contribution in [0.2, 0.25) is 0 Å². The van der Waals surface area contributed by atoms with Crippen LogP contribution in [0.25, 0.3) is 11.0 Å². The highest BCUT2D eigenvalue weighted by Gasteiger charge is 2.23. The van der Waals surface area contributed by atoms with Gasteiger partial charge in [-0.2, -0.15) is 5.10 Å². The van der Waals surface area contributed by atoms with Crippen LogP contribution in [0.15, 0.2) is 12.3 Å². The Bertz CT molecular complexity index is 568. The molecule has 1 aliphatic rings. The lowest BCUT2D eigenvalue weighted by atomic mass is 10.1. The SMILES string of the molecule is Cc1nn(C)c2ncc(NC(C)CC3CC3)cc12. The minimum absolute atomic E-state index is 0.522. The molecule has 0 spiro atoms. The third-order valence-corrected chi connectivity index (χ3v) is 3.66. The summed E-state index contributed by atoms with van der Waals surface area (Å²) in [6.07, 6.45) is 5.99. The van der Waals surface area contributed by atoms with Gasteiger partial charge in [0.2, 0.25) is 0 Å². The van der Waals surface area contributed by atoms with Gasteiger partial charge in [0.15, 0.2) is 5.65 Å². The lowest BCUT2D eigenvalue weighted by Crippen LogP contribution is -2.15. The zero-order chi connectivity index (χ0) is 12.7. The molecule has 0 aliphatic heterocycles. The van der Waals surface area contributed by atoms with Crippen LogP contribution in [0.5, 0.6) is 0 Å². The zero-order valence-corrected chi connectivity index (χ0v) is 11.3. The summed E-state index contributed by atoms with van der Waals surface area (Å²) in [7, 11) is 1.94. The molecule has 1 unspecified atom stereocenters. The van der Waals surface area contributed by atoms with Crippen molar-refractivity contribution in [3.63, 3.8) is 0 Å². The van der Waals surface area contributed by atoms with Crippen molar-refractivity contribution in [2.45, 2.75) is 39.2 Å². The first kappa shape index (κ1) is 11.5. The first-order valence-corrected chi connectivity index (χ1v) is 6.69. The number of hydrogen-bond donors (Lipinski definition) is 1. The van der Waals surface area contributed by atoms with Gasteiger partial charge >= 0.3 is 0 Å². The average Bonchev–Trinajstić information content (AvgIpc) is 3.07. The van der Waals surface area contributed by atoms with Crippen LogP contribution in [0.3, 0.4) is 0 Å². The van der Waals surface area contributed by atoms with E-state index in [2.05, 4.69) is 28.4 Å². The van der Waals surface area contributed by atoms with Crippen LogP contribution in [-0.2, 0) is 7.05 Å². The van der Waals surface area contributed by atoms with Crippen molar-refractivity contribution < 1.29 is 0 Å². The van der Waals surface area contributed by atoms with Crippen LogP contribution in [0.1, 0.15) is 31.9 Å². The second-order valence-corrected chi connectivity index (χ2v) is 5.53. The first-order valence-electron chi connectivity index (χ1n) is 6.69. The van der Waals surface area contributed by atoms with Gasteiger partial charge in [-0.3, -0.25) is 4.68 Å². The summed E-state index contributed by atoms with van der Waals surface area (Å²) in [5, 5.41) is 9.08. The monoisotopic (exact) mass is 244 g/mol. The lowest BCUT2D eigenvalue weighted by molar-refractivity contribution is 0.642. The maximum absolute atomic E-state index is 4.49. The third kappa shape index (κ3) is 2.19. The lowest BCUT2D eigenvalue weighted by Gasteiger charge is -2.14. The van der Waals surface area contributed by atoms with E-state index in [-0.39, 0.29) is 0 Å². The Kier molecular flexibility index (Phi) is 2.73. The van der Waals surface area contributed by atoms with E-state index in [1.54, 1.807) is 0 Å². The van der Waals surface area contributed by atoms with Crippen molar-refractivity contribution >= 4 is 16.7 Å². The van der Waals surface area contributed by atoms with Gasteiger partial charge in [-0.1, -0.05) is 12.8 Å². The molecule has 3 rings (SSSR count). The summed E-state index contributed by atoms with van der Waals surface area (Å²) in [6.45, 7) is 4.28. The predicted molar refractivity (Wildman–Crippen MR) is 73.7 cm³/mol. The summed E-state index contributed by atoms with van der Waals surface area (Å²) in [6, 6.07) is 2.68. The molecular formula is C14H20N4. The molecule has 18 heavy (non-hydrogen) atoms.